The molecule has 0 unspecified atom stereocenters. The highest BCUT2D eigenvalue weighted by Crippen LogP contribution is 2.37. The Hall–Kier alpha value is -0.820. The highest BCUT2D eigenvalue weighted by molar-refractivity contribution is 5.36. The normalized spacial score (nSPS) is 18.2. The molecule has 1 heteroatoms. The third kappa shape index (κ3) is 1.98. The van der Waals surface area contributed by atoms with E-state index in [1.54, 1.807) is 0 Å². The van der Waals surface area contributed by atoms with Gasteiger partial charge in [-0.15, -0.1) is 0 Å². The molecule has 0 heterocycles. The second-order valence-corrected chi connectivity index (χ2v) is 4.59. The van der Waals surface area contributed by atoms with E-state index in [1.165, 1.54) is 36.0 Å². The molecule has 0 aliphatic heterocycles. The summed E-state index contributed by atoms with van der Waals surface area (Å²) in [6.45, 7) is 4.32. The van der Waals surface area contributed by atoms with Gasteiger partial charge in [0, 0.05) is 6.04 Å². The Kier molecular flexibility index (Phi) is 2.60. The quantitative estimate of drug-likeness (QED) is 0.776. The number of rotatable bonds is 3. The lowest BCUT2D eigenvalue weighted by Crippen LogP contribution is -2.13. The standard InChI is InChI=1S/C13H19N/c1-9-4-3-5-10(2)13(9)12(14)8-11-6-7-11/h3-5,11-12H,6-8,14H2,1-2H3/t12-/m0/s1. The third-order valence-corrected chi connectivity index (χ3v) is 3.20. The number of hydrogen-bond donors (Lipinski definition) is 1. The highest BCUT2D eigenvalue weighted by Gasteiger charge is 2.25. The maximum Gasteiger partial charge on any atom is 0.0302 e. The van der Waals surface area contributed by atoms with Crippen LogP contribution in [0.4, 0.5) is 0 Å². The van der Waals surface area contributed by atoms with Gasteiger partial charge >= 0.3 is 0 Å². The van der Waals surface area contributed by atoms with Crippen LogP contribution >= 0.6 is 0 Å². The maximum atomic E-state index is 6.24. The molecule has 1 aromatic carbocycles. The molecule has 1 aliphatic carbocycles. The molecule has 1 aliphatic rings. The first-order chi connectivity index (χ1) is 6.68. The van der Waals surface area contributed by atoms with Crippen LogP contribution in [-0.4, -0.2) is 0 Å². The molecule has 1 atom stereocenters. The summed E-state index contributed by atoms with van der Waals surface area (Å²) in [4.78, 5) is 0. The van der Waals surface area contributed by atoms with Crippen molar-refractivity contribution in [2.24, 2.45) is 11.7 Å². The smallest absolute Gasteiger partial charge is 0.0302 e. The molecule has 0 radical (unpaired) electrons. The lowest BCUT2D eigenvalue weighted by molar-refractivity contribution is 0.592. The first-order valence-corrected chi connectivity index (χ1v) is 5.50. The second-order valence-electron chi connectivity index (χ2n) is 4.59. The summed E-state index contributed by atoms with van der Waals surface area (Å²) in [5, 5.41) is 0. The molecular formula is C13H19N. The zero-order chi connectivity index (χ0) is 10.1. The van der Waals surface area contributed by atoms with Crippen molar-refractivity contribution < 1.29 is 0 Å². The van der Waals surface area contributed by atoms with Gasteiger partial charge in [0.15, 0.2) is 0 Å². The number of nitrogens with two attached hydrogens (primary N) is 1. The molecule has 0 aromatic heterocycles. The van der Waals surface area contributed by atoms with E-state index in [0.717, 1.165) is 5.92 Å². The summed E-state index contributed by atoms with van der Waals surface area (Å²) in [5.41, 5.74) is 10.3. The van der Waals surface area contributed by atoms with Crippen molar-refractivity contribution in [3.8, 4) is 0 Å². The fourth-order valence-corrected chi connectivity index (χ4v) is 2.24. The molecule has 0 bridgehead atoms. The van der Waals surface area contributed by atoms with Crippen LogP contribution < -0.4 is 5.73 Å². The molecule has 2 N–H and O–H groups in total. The fraction of sp³-hybridized carbons (Fsp3) is 0.538. The minimum Gasteiger partial charge on any atom is -0.324 e. The van der Waals surface area contributed by atoms with Gasteiger partial charge in [0.25, 0.3) is 0 Å². The van der Waals surface area contributed by atoms with Gasteiger partial charge in [-0.3, -0.25) is 0 Å². The van der Waals surface area contributed by atoms with Crippen LogP contribution in [0.2, 0.25) is 0 Å². The Labute approximate surface area is 86.3 Å². The van der Waals surface area contributed by atoms with Gasteiger partial charge in [0.1, 0.15) is 0 Å². The average Bonchev–Trinajstić information content (AvgIpc) is 2.87. The Morgan fingerprint density at radius 2 is 1.86 bits per heavy atom. The summed E-state index contributed by atoms with van der Waals surface area (Å²) in [7, 11) is 0. The highest BCUT2D eigenvalue weighted by atomic mass is 14.6. The van der Waals surface area contributed by atoms with Crippen LogP contribution in [0.1, 0.15) is 42.0 Å². The Morgan fingerprint density at radius 1 is 1.29 bits per heavy atom. The van der Waals surface area contributed by atoms with Crippen molar-refractivity contribution in [2.45, 2.75) is 39.2 Å². The molecule has 1 aromatic rings. The Bertz CT molecular complexity index is 306. The molecule has 14 heavy (non-hydrogen) atoms. The fourth-order valence-electron chi connectivity index (χ4n) is 2.24. The molecular weight excluding hydrogens is 170 g/mol. The summed E-state index contributed by atoms with van der Waals surface area (Å²) < 4.78 is 0. The van der Waals surface area contributed by atoms with Gasteiger partial charge < -0.3 is 5.73 Å². The van der Waals surface area contributed by atoms with E-state index in [-0.39, 0.29) is 6.04 Å². The Morgan fingerprint density at radius 3 is 2.36 bits per heavy atom. The predicted molar refractivity (Wildman–Crippen MR) is 60.2 cm³/mol. The molecule has 0 saturated heterocycles. The lowest BCUT2D eigenvalue weighted by atomic mass is 9.93. The summed E-state index contributed by atoms with van der Waals surface area (Å²) in [5.74, 6) is 0.906. The molecule has 1 fully saturated rings. The minimum atomic E-state index is 0.253. The SMILES string of the molecule is Cc1cccc(C)c1[C@@H](N)CC1CC1. The van der Waals surface area contributed by atoms with Crippen LogP contribution in [0.5, 0.6) is 0 Å². The van der Waals surface area contributed by atoms with Crippen LogP contribution in [0.3, 0.4) is 0 Å². The van der Waals surface area contributed by atoms with Gasteiger partial charge in [-0.1, -0.05) is 31.0 Å². The predicted octanol–water partition coefficient (Wildman–Crippen LogP) is 3.10. The van der Waals surface area contributed by atoms with E-state index >= 15 is 0 Å². The minimum absolute atomic E-state index is 0.253. The van der Waals surface area contributed by atoms with Crippen molar-refractivity contribution in [3.05, 3.63) is 34.9 Å². The van der Waals surface area contributed by atoms with E-state index in [9.17, 15) is 0 Å². The number of hydrogen-bond acceptors (Lipinski definition) is 1. The number of aryl methyl sites for hydroxylation is 2. The zero-order valence-corrected chi connectivity index (χ0v) is 9.09. The van der Waals surface area contributed by atoms with Crippen molar-refractivity contribution in [1.82, 2.24) is 0 Å². The van der Waals surface area contributed by atoms with E-state index in [2.05, 4.69) is 32.0 Å². The maximum absolute atomic E-state index is 6.24. The molecule has 1 nitrogen and oxygen atoms in total. The van der Waals surface area contributed by atoms with Gasteiger partial charge in [0.2, 0.25) is 0 Å². The van der Waals surface area contributed by atoms with Crippen molar-refractivity contribution in [1.29, 1.82) is 0 Å². The summed E-state index contributed by atoms with van der Waals surface area (Å²) >= 11 is 0. The Balaban J connectivity index is 2.19. The number of benzene rings is 1. The lowest BCUT2D eigenvalue weighted by Gasteiger charge is -2.17. The first-order valence-electron chi connectivity index (χ1n) is 5.50. The van der Waals surface area contributed by atoms with Gasteiger partial charge in [-0.25, -0.2) is 0 Å². The van der Waals surface area contributed by atoms with Gasteiger partial charge in [-0.05, 0) is 42.9 Å². The van der Waals surface area contributed by atoms with Gasteiger partial charge in [-0.2, -0.15) is 0 Å². The zero-order valence-electron chi connectivity index (χ0n) is 9.09. The van der Waals surface area contributed by atoms with Crippen molar-refractivity contribution >= 4 is 0 Å². The third-order valence-electron chi connectivity index (χ3n) is 3.20. The monoisotopic (exact) mass is 189 g/mol. The van der Waals surface area contributed by atoms with E-state index in [4.69, 9.17) is 5.73 Å². The van der Waals surface area contributed by atoms with E-state index in [0.29, 0.717) is 0 Å². The molecule has 1 saturated carbocycles. The van der Waals surface area contributed by atoms with Crippen molar-refractivity contribution in [3.63, 3.8) is 0 Å². The molecule has 2 rings (SSSR count). The van der Waals surface area contributed by atoms with Crippen LogP contribution in [0.25, 0.3) is 0 Å². The van der Waals surface area contributed by atoms with E-state index in [1.807, 2.05) is 0 Å². The summed E-state index contributed by atoms with van der Waals surface area (Å²) in [6, 6.07) is 6.69. The molecule has 0 amide bonds. The van der Waals surface area contributed by atoms with Crippen LogP contribution in [0.15, 0.2) is 18.2 Å². The molecule has 76 valence electrons. The van der Waals surface area contributed by atoms with Crippen LogP contribution in [-0.2, 0) is 0 Å². The summed E-state index contributed by atoms with van der Waals surface area (Å²) in [6.07, 6.45) is 3.95. The van der Waals surface area contributed by atoms with Crippen molar-refractivity contribution in [2.75, 3.05) is 0 Å². The van der Waals surface area contributed by atoms with Crippen LogP contribution in [0, 0.1) is 19.8 Å². The van der Waals surface area contributed by atoms with Gasteiger partial charge in [0.05, 0.1) is 0 Å². The topological polar surface area (TPSA) is 26.0 Å². The average molecular weight is 189 g/mol. The molecule has 0 spiro atoms. The second kappa shape index (κ2) is 3.74. The first kappa shape index (κ1) is 9.72. The largest absolute Gasteiger partial charge is 0.324 e. The van der Waals surface area contributed by atoms with E-state index < -0.39 is 0 Å².